The number of aliphatic hydroxyl groups excluding tert-OH is 2. The minimum atomic E-state index is -0.405. The summed E-state index contributed by atoms with van der Waals surface area (Å²) >= 11 is 0. The van der Waals surface area contributed by atoms with Gasteiger partial charge in [-0.3, -0.25) is 9.59 Å². The van der Waals surface area contributed by atoms with Crippen LogP contribution in [-0.2, 0) is 9.59 Å². The lowest BCUT2D eigenvalue weighted by molar-refractivity contribution is -0.133. The van der Waals surface area contributed by atoms with E-state index in [1.54, 1.807) is 0 Å². The van der Waals surface area contributed by atoms with Crippen molar-refractivity contribution in [3.05, 3.63) is 71.8 Å². The zero-order valence-corrected chi connectivity index (χ0v) is 19.5. The van der Waals surface area contributed by atoms with Crippen LogP contribution in [0.25, 0.3) is 0 Å². The Morgan fingerprint density at radius 3 is 1.35 bits per heavy atom. The van der Waals surface area contributed by atoms with Crippen molar-refractivity contribution < 1.29 is 19.8 Å². The third kappa shape index (κ3) is 4.37. The fraction of sp³-hybridized carbons (Fsp3) is 0.500. The van der Waals surface area contributed by atoms with Gasteiger partial charge in [0.15, 0.2) is 0 Å². The van der Waals surface area contributed by atoms with Crippen molar-refractivity contribution >= 4 is 11.8 Å². The molecule has 6 heteroatoms. The molecule has 2 amide bonds. The van der Waals surface area contributed by atoms with Crippen molar-refractivity contribution in [2.45, 2.75) is 74.7 Å². The standard InChI is InChI=1S/2C14H17NO2/c2*16-13-7-6-12-14(17)11(8-9-15(12)13)10-4-2-1-3-5-10/h2*1-5,11-12,14,17H,6-9H2/t2*11-,12+,14-/m11/s1. The summed E-state index contributed by atoms with van der Waals surface area (Å²) in [6.07, 6.45) is 3.75. The molecule has 4 aliphatic heterocycles. The number of hydrogen-bond acceptors (Lipinski definition) is 4. The normalized spacial score (nSPS) is 32.6. The monoisotopic (exact) mass is 462 g/mol. The fourth-order valence-electron chi connectivity index (χ4n) is 6.37. The highest BCUT2D eigenvalue weighted by molar-refractivity contribution is 5.79. The van der Waals surface area contributed by atoms with Gasteiger partial charge in [0, 0.05) is 37.8 Å². The number of benzene rings is 2. The first-order valence-corrected chi connectivity index (χ1v) is 12.6. The van der Waals surface area contributed by atoms with E-state index in [1.165, 1.54) is 11.1 Å². The number of piperidine rings is 2. The van der Waals surface area contributed by atoms with E-state index in [-0.39, 0.29) is 35.7 Å². The minimum absolute atomic E-state index is 0.0430. The van der Waals surface area contributed by atoms with Crippen molar-refractivity contribution in [3.8, 4) is 0 Å². The van der Waals surface area contributed by atoms with E-state index < -0.39 is 12.2 Å². The molecule has 4 fully saturated rings. The first-order valence-electron chi connectivity index (χ1n) is 12.6. The lowest BCUT2D eigenvalue weighted by Gasteiger charge is -2.39. The molecule has 0 radical (unpaired) electrons. The van der Waals surface area contributed by atoms with E-state index in [0.29, 0.717) is 12.8 Å². The second kappa shape index (κ2) is 9.88. The van der Waals surface area contributed by atoms with E-state index in [4.69, 9.17) is 0 Å². The van der Waals surface area contributed by atoms with Gasteiger partial charge in [0.1, 0.15) is 0 Å². The van der Waals surface area contributed by atoms with Crippen LogP contribution >= 0.6 is 0 Å². The summed E-state index contributed by atoms with van der Waals surface area (Å²) in [5.74, 6) is 0.785. The summed E-state index contributed by atoms with van der Waals surface area (Å²) in [6, 6.07) is 20.4. The van der Waals surface area contributed by atoms with Crippen molar-refractivity contribution in [3.63, 3.8) is 0 Å². The Hall–Kier alpha value is -2.70. The number of carbonyl (C=O) groups is 2. The second-order valence-corrected chi connectivity index (χ2v) is 9.98. The Kier molecular flexibility index (Phi) is 6.70. The van der Waals surface area contributed by atoms with E-state index >= 15 is 0 Å². The lowest BCUT2D eigenvalue weighted by Crippen LogP contribution is -2.49. The average molecular weight is 463 g/mol. The lowest BCUT2D eigenvalue weighted by atomic mass is 9.83. The van der Waals surface area contributed by atoms with Gasteiger partial charge in [-0.2, -0.15) is 0 Å². The van der Waals surface area contributed by atoms with Crippen LogP contribution in [-0.4, -0.2) is 69.2 Å². The predicted molar refractivity (Wildman–Crippen MR) is 129 cm³/mol. The summed E-state index contributed by atoms with van der Waals surface area (Å²) in [6.45, 7) is 1.58. The van der Waals surface area contributed by atoms with Gasteiger partial charge in [-0.25, -0.2) is 0 Å². The SMILES string of the molecule is O=C1CC[C@H]2[C@H](O)[C@@H](c3ccccc3)CCN12.O=C1CC[C@H]2[C@H](O)[C@@H](c3ccccc3)CCN12. The van der Waals surface area contributed by atoms with Crippen LogP contribution in [0.1, 0.15) is 61.5 Å². The summed E-state index contributed by atoms with van der Waals surface area (Å²) in [5.41, 5.74) is 2.39. The molecule has 2 N–H and O–H groups in total. The summed E-state index contributed by atoms with van der Waals surface area (Å²) in [4.78, 5) is 27.0. The molecule has 180 valence electrons. The van der Waals surface area contributed by atoms with E-state index in [2.05, 4.69) is 24.3 Å². The van der Waals surface area contributed by atoms with Crippen LogP contribution in [0.5, 0.6) is 0 Å². The number of hydrogen-bond donors (Lipinski definition) is 2. The molecule has 0 aliphatic carbocycles. The van der Waals surface area contributed by atoms with Crippen LogP contribution < -0.4 is 0 Å². The van der Waals surface area contributed by atoms with Gasteiger partial charge >= 0.3 is 0 Å². The topological polar surface area (TPSA) is 81.1 Å². The van der Waals surface area contributed by atoms with Gasteiger partial charge in [-0.1, -0.05) is 60.7 Å². The zero-order valence-electron chi connectivity index (χ0n) is 19.5. The third-order valence-electron chi connectivity index (χ3n) is 8.18. The number of rotatable bonds is 2. The number of nitrogens with zero attached hydrogens (tertiary/aromatic N) is 2. The molecule has 2 aromatic carbocycles. The number of fused-ring (bicyclic) bond motifs is 2. The number of amides is 2. The predicted octanol–water partition coefficient (Wildman–Crippen LogP) is 3.05. The van der Waals surface area contributed by atoms with E-state index in [1.807, 2.05) is 46.2 Å². The molecule has 6 rings (SSSR count). The summed E-state index contributed by atoms with van der Waals surface area (Å²) in [5, 5.41) is 20.8. The largest absolute Gasteiger partial charge is 0.390 e. The van der Waals surface area contributed by atoms with Crippen LogP contribution in [0.4, 0.5) is 0 Å². The van der Waals surface area contributed by atoms with Crippen molar-refractivity contribution in [1.29, 1.82) is 0 Å². The van der Waals surface area contributed by atoms with Gasteiger partial charge < -0.3 is 20.0 Å². The van der Waals surface area contributed by atoms with Gasteiger partial charge in [0.2, 0.25) is 11.8 Å². The molecule has 4 saturated heterocycles. The highest BCUT2D eigenvalue weighted by Crippen LogP contribution is 2.38. The van der Waals surface area contributed by atoms with Gasteiger partial charge in [-0.15, -0.1) is 0 Å². The molecule has 0 spiro atoms. The maximum Gasteiger partial charge on any atom is 0.222 e. The van der Waals surface area contributed by atoms with Gasteiger partial charge in [-0.05, 0) is 36.8 Å². The second-order valence-electron chi connectivity index (χ2n) is 9.98. The number of carbonyl (C=O) groups excluding carboxylic acids is 2. The molecule has 0 aromatic heterocycles. The first-order chi connectivity index (χ1) is 16.5. The van der Waals surface area contributed by atoms with Crippen molar-refractivity contribution in [2.24, 2.45) is 0 Å². The Morgan fingerprint density at radius 2 is 0.971 bits per heavy atom. The summed E-state index contributed by atoms with van der Waals surface area (Å²) < 4.78 is 0. The molecule has 4 aliphatic rings. The molecule has 0 saturated carbocycles. The van der Waals surface area contributed by atoms with Crippen LogP contribution in [0.15, 0.2) is 60.7 Å². The van der Waals surface area contributed by atoms with Crippen molar-refractivity contribution in [2.75, 3.05) is 13.1 Å². The third-order valence-corrected chi connectivity index (χ3v) is 8.18. The van der Waals surface area contributed by atoms with Crippen LogP contribution in [0.2, 0.25) is 0 Å². The van der Waals surface area contributed by atoms with Crippen molar-refractivity contribution in [1.82, 2.24) is 9.80 Å². The maximum absolute atomic E-state index is 11.6. The highest BCUT2D eigenvalue weighted by atomic mass is 16.3. The Balaban J connectivity index is 0.000000142. The quantitative estimate of drug-likeness (QED) is 0.719. The molecule has 6 atom stereocenters. The molecule has 0 unspecified atom stereocenters. The Morgan fingerprint density at radius 1 is 0.588 bits per heavy atom. The molecule has 6 nitrogen and oxygen atoms in total. The average Bonchev–Trinajstić information content (AvgIpc) is 3.45. The molecular weight excluding hydrogens is 428 g/mol. The molecule has 34 heavy (non-hydrogen) atoms. The maximum atomic E-state index is 11.6. The Labute approximate surface area is 201 Å². The minimum Gasteiger partial charge on any atom is -0.390 e. The molecule has 2 aromatic rings. The molecule has 4 heterocycles. The van der Waals surface area contributed by atoms with Gasteiger partial charge in [0.25, 0.3) is 0 Å². The first kappa shape index (κ1) is 23.1. The van der Waals surface area contributed by atoms with E-state index in [9.17, 15) is 19.8 Å². The highest BCUT2D eigenvalue weighted by Gasteiger charge is 2.44. The smallest absolute Gasteiger partial charge is 0.222 e. The molecule has 0 bridgehead atoms. The van der Waals surface area contributed by atoms with Crippen LogP contribution in [0.3, 0.4) is 0 Å². The Bertz CT molecular complexity index is 916. The van der Waals surface area contributed by atoms with Crippen LogP contribution in [0, 0.1) is 0 Å². The molecular formula is C28H34N2O4. The van der Waals surface area contributed by atoms with E-state index in [0.717, 1.165) is 38.8 Å². The number of aliphatic hydroxyl groups is 2. The zero-order chi connectivity index (χ0) is 23.7. The fourth-order valence-corrected chi connectivity index (χ4v) is 6.37. The summed E-state index contributed by atoms with van der Waals surface area (Å²) in [7, 11) is 0. The van der Waals surface area contributed by atoms with Gasteiger partial charge in [0.05, 0.1) is 24.3 Å².